The van der Waals surface area contributed by atoms with Gasteiger partial charge in [-0.15, -0.1) is 0 Å². The molecule has 10 heteroatoms. The normalized spacial score (nSPS) is 15.4. The van der Waals surface area contributed by atoms with Crippen LogP contribution in [0, 0.1) is 5.82 Å². The minimum absolute atomic E-state index is 0.0471. The minimum atomic E-state index is -0.363. The summed E-state index contributed by atoms with van der Waals surface area (Å²) in [6.45, 7) is 1.21. The average molecular weight is 572 g/mol. The maximum absolute atomic E-state index is 13.7. The number of furan rings is 1. The van der Waals surface area contributed by atoms with Gasteiger partial charge in [0, 0.05) is 68.0 Å². The van der Waals surface area contributed by atoms with Crippen molar-refractivity contribution >= 4 is 51.5 Å². The van der Waals surface area contributed by atoms with E-state index < -0.39 is 0 Å². The van der Waals surface area contributed by atoms with E-state index in [9.17, 15) is 14.0 Å². The Bertz CT molecular complexity index is 1730. The molecule has 1 aliphatic rings. The molecule has 0 saturated carbocycles. The lowest BCUT2D eigenvalue weighted by Gasteiger charge is -2.34. The van der Waals surface area contributed by atoms with Gasteiger partial charge in [0.25, 0.3) is 11.8 Å². The first-order chi connectivity index (χ1) is 19.9. The molecule has 0 bridgehead atoms. The van der Waals surface area contributed by atoms with Crippen molar-refractivity contribution in [1.82, 2.24) is 20.2 Å². The van der Waals surface area contributed by atoms with Gasteiger partial charge in [-0.3, -0.25) is 9.59 Å². The first-order valence-corrected chi connectivity index (χ1v) is 14.7. The first kappa shape index (κ1) is 26.9. The number of anilines is 1. The third-order valence-corrected chi connectivity index (χ3v) is 8.53. The zero-order valence-electron chi connectivity index (χ0n) is 23.0. The van der Waals surface area contributed by atoms with Gasteiger partial charge in [-0.25, -0.2) is 9.37 Å². The second kappa shape index (κ2) is 10.9. The molecule has 2 N–H and O–H groups in total. The standard InChI is InChI=1S/C31H30FN5O3S/c1-33-30(38)27-23-15-22(25(36(2)41-3)16-26(23)40-28(27)18-8-10-21(32)11-9-18)20-7-5-13-37(17-20)31(39)24-14-19-6-4-12-34-29(19)35-24/h4,6,8-12,14-16,20H,5,7,13,17H2,1-3H3,(H,33,38)(H,34,35). The number of carbonyl (C=O) groups excluding carboxylic acids is 2. The van der Waals surface area contributed by atoms with E-state index in [1.165, 1.54) is 12.1 Å². The van der Waals surface area contributed by atoms with Crippen LogP contribution in [0.25, 0.3) is 33.3 Å². The van der Waals surface area contributed by atoms with E-state index >= 15 is 0 Å². The van der Waals surface area contributed by atoms with Gasteiger partial charge in [0.1, 0.15) is 28.5 Å². The summed E-state index contributed by atoms with van der Waals surface area (Å²) in [4.78, 5) is 36.1. The van der Waals surface area contributed by atoms with Gasteiger partial charge in [0.2, 0.25) is 0 Å². The monoisotopic (exact) mass is 571 g/mol. The van der Waals surface area contributed by atoms with Crippen molar-refractivity contribution in [3.05, 3.63) is 83.4 Å². The molecular formula is C31H30FN5O3S. The number of likely N-dealkylation sites (tertiary alicyclic amines) is 1. The topological polar surface area (TPSA) is 94.5 Å². The smallest absolute Gasteiger partial charge is 0.270 e. The SMILES string of the molecule is CNC(=O)c1c(-c2ccc(F)cc2)oc2cc(N(C)SC)c(C3CCCN(C(=O)c4cc5cccnc5[nH]4)C3)cc12. The van der Waals surface area contributed by atoms with Crippen molar-refractivity contribution in [3.8, 4) is 11.3 Å². The molecule has 41 heavy (non-hydrogen) atoms. The number of nitrogens with one attached hydrogen (secondary N) is 2. The molecule has 1 fully saturated rings. The van der Waals surface area contributed by atoms with Crippen molar-refractivity contribution in [1.29, 1.82) is 0 Å². The number of piperidine rings is 1. The number of aromatic nitrogens is 2. The summed E-state index contributed by atoms with van der Waals surface area (Å²) in [5, 5.41) is 4.31. The predicted molar refractivity (Wildman–Crippen MR) is 161 cm³/mol. The van der Waals surface area contributed by atoms with Crippen molar-refractivity contribution in [2.45, 2.75) is 18.8 Å². The number of hydrogen-bond donors (Lipinski definition) is 2. The van der Waals surface area contributed by atoms with E-state index in [-0.39, 0.29) is 23.5 Å². The summed E-state index contributed by atoms with van der Waals surface area (Å²) < 4.78 is 22.0. The number of halogens is 1. The average Bonchev–Trinajstić information content (AvgIpc) is 3.61. The number of H-pyrrole nitrogens is 1. The van der Waals surface area contributed by atoms with E-state index in [1.807, 2.05) is 48.5 Å². The number of hydrogen-bond acceptors (Lipinski definition) is 6. The van der Waals surface area contributed by atoms with Crippen molar-refractivity contribution < 1.29 is 18.4 Å². The molecule has 8 nitrogen and oxygen atoms in total. The third-order valence-electron chi connectivity index (χ3n) is 7.78. The second-order valence-corrected chi connectivity index (χ2v) is 11.1. The minimum Gasteiger partial charge on any atom is -0.455 e. The van der Waals surface area contributed by atoms with Crippen LogP contribution >= 0.6 is 11.9 Å². The van der Waals surface area contributed by atoms with Crippen LogP contribution in [0.1, 0.15) is 45.2 Å². The van der Waals surface area contributed by atoms with Gasteiger partial charge in [-0.05, 0) is 66.9 Å². The van der Waals surface area contributed by atoms with Crippen molar-refractivity contribution in [2.24, 2.45) is 0 Å². The molecule has 1 saturated heterocycles. The number of rotatable bonds is 6. The predicted octanol–water partition coefficient (Wildman–Crippen LogP) is 6.21. The van der Waals surface area contributed by atoms with Crippen LogP contribution in [-0.4, -0.2) is 60.1 Å². The van der Waals surface area contributed by atoms with Gasteiger partial charge in [0.05, 0.1) is 11.3 Å². The summed E-state index contributed by atoms with van der Waals surface area (Å²) in [6.07, 6.45) is 5.45. The molecule has 1 unspecified atom stereocenters. The summed E-state index contributed by atoms with van der Waals surface area (Å²) in [7, 11) is 3.57. The molecule has 210 valence electrons. The summed E-state index contributed by atoms with van der Waals surface area (Å²) in [5.41, 5.74) is 4.81. The quantitative estimate of drug-likeness (QED) is 0.236. The van der Waals surface area contributed by atoms with Crippen LogP contribution in [0.3, 0.4) is 0 Å². The highest BCUT2D eigenvalue weighted by Gasteiger charge is 2.31. The lowest BCUT2D eigenvalue weighted by Crippen LogP contribution is -2.39. The number of fused-ring (bicyclic) bond motifs is 2. The highest BCUT2D eigenvalue weighted by Crippen LogP contribution is 2.42. The maximum atomic E-state index is 13.7. The molecule has 2 aromatic carbocycles. The van der Waals surface area contributed by atoms with Crippen molar-refractivity contribution in [2.75, 3.05) is 37.7 Å². The molecule has 2 amide bonds. The Morgan fingerprint density at radius 2 is 2.00 bits per heavy atom. The zero-order chi connectivity index (χ0) is 28.7. The number of aromatic amines is 1. The number of amides is 2. The van der Waals surface area contributed by atoms with Crippen LogP contribution in [0.5, 0.6) is 0 Å². The molecule has 1 aliphatic heterocycles. The third kappa shape index (κ3) is 4.93. The molecule has 1 atom stereocenters. The Balaban J connectivity index is 1.42. The van der Waals surface area contributed by atoms with Crippen LogP contribution in [0.15, 0.2) is 65.2 Å². The summed E-state index contributed by atoms with van der Waals surface area (Å²) in [5.74, 6) is -0.264. The van der Waals surface area contributed by atoms with E-state index in [0.29, 0.717) is 52.3 Å². The van der Waals surface area contributed by atoms with Crippen LogP contribution < -0.4 is 9.62 Å². The molecule has 0 aliphatic carbocycles. The van der Waals surface area contributed by atoms with Gasteiger partial charge in [-0.2, -0.15) is 0 Å². The second-order valence-electron chi connectivity index (χ2n) is 10.2. The highest BCUT2D eigenvalue weighted by atomic mass is 32.2. The van der Waals surface area contributed by atoms with Crippen LogP contribution in [0.2, 0.25) is 0 Å². The Morgan fingerprint density at radius 1 is 1.20 bits per heavy atom. The number of pyridine rings is 1. The maximum Gasteiger partial charge on any atom is 0.270 e. The largest absolute Gasteiger partial charge is 0.455 e. The van der Waals surface area contributed by atoms with Gasteiger partial charge >= 0.3 is 0 Å². The number of benzene rings is 2. The fourth-order valence-corrected chi connectivity index (χ4v) is 6.02. The number of carbonyl (C=O) groups is 2. The fraction of sp³-hybridized carbons (Fsp3) is 0.258. The molecule has 6 rings (SSSR count). The van der Waals surface area contributed by atoms with Crippen molar-refractivity contribution in [3.63, 3.8) is 0 Å². The Labute approximate surface area is 241 Å². The van der Waals surface area contributed by atoms with E-state index in [4.69, 9.17) is 4.42 Å². The van der Waals surface area contributed by atoms with E-state index in [0.717, 1.165) is 29.5 Å². The van der Waals surface area contributed by atoms with E-state index in [1.54, 1.807) is 37.3 Å². The molecule has 4 heterocycles. The fourth-order valence-electron chi connectivity index (χ4n) is 5.66. The first-order valence-electron chi connectivity index (χ1n) is 13.5. The Kier molecular flexibility index (Phi) is 7.17. The Morgan fingerprint density at radius 3 is 2.73 bits per heavy atom. The molecule has 0 radical (unpaired) electrons. The van der Waals surface area contributed by atoms with Crippen LogP contribution in [-0.2, 0) is 0 Å². The molecule has 5 aromatic rings. The molecule has 3 aromatic heterocycles. The molecular weight excluding hydrogens is 541 g/mol. The van der Waals surface area contributed by atoms with Gasteiger partial charge in [0.15, 0.2) is 0 Å². The number of nitrogens with zero attached hydrogens (tertiary/aromatic N) is 3. The molecule has 0 spiro atoms. The lowest BCUT2D eigenvalue weighted by molar-refractivity contribution is 0.0702. The zero-order valence-corrected chi connectivity index (χ0v) is 23.8. The van der Waals surface area contributed by atoms with E-state index in [2.05, 4.69) is 19.6 Å². The highest BCUT2D eigenvalue weighted by molar-refractivity contribution is 7.99. The summed E-state index contributed by atoms with van der Waals surface area (Å²) >= 11 is 1.57. The Hall–Kier alpha value is -4.31. The lowest BCUT2D eigenvalue weighted by atomic mass is 9.88. The van der Waals surface area contributed by atoms with Gasteiger partial charge < -0.3 is 23.9 Å². The van der Waals surface area contributed by atoms with Crippen LogP contribution in [0.4, 0.5) is 10.1 Å². The summed E-state index contributed by atoms with van der Waals surface area (Å²) in [6, 6.07) is 15.6. The van der Waals surface area contributed by atoms with Gasteiger partial charge in [-0.1, -0.05) is 11.9 Å².